The van der Waals surface area contributed by atoms with Crippen molar-refractivity contribution < 1.29 is 0 Å². The summed E-state index contributed by atoms with van der Waals surface area (Å²) in [5.74, 6) is 0. The summed E-state index contributed by atoms with van der Waals surface area (Å²) >= 11 is 0. The van der Waals surface area contributed by atoms with Gasteiger partial charge in [-0.2, -0.15) is 0 Å². The fourth-order valence-corrected chi connectivity index (χ4v) is 12.3. The Morgan fingerprint density at radius 1 is 0.439 bits per heavy atom. The second kappa shape index (κ2) is 14.9. The Morgan fingerprint density at radius 2 is 0.955 bits per heavy atom. The van der Waals surface area contributed by atoms with E-state index in [0.717, 1.165) is 0 Å². The zero-order valence-corrected chi connectivity index (χ0v) is 42.9. The third-order valence-corrected chi connectivity index (χ3v) is 16.5. The lowest BCUT2D eigenvalue weighted by molar-refractivity contribution is 0.261. The fourth-order valence-electron chi connectivity index (χ4n) is 12.3. The van der Waals surface area contributed by atoms with Crippen molar-refractivity contribution in [3.63, 3.8) is 0 Å². The molecule has 340 valence electrons. The van der Waals surface area contributed by atoms with E-state index in [1.165, 1.54) is 127 Å². The standard InChI is InChI=1S/C62H74BN3/c1-40-34-54-56-55(35-40)65(46-21-19-20-42(36-46)58(5,6)7)52-38-44(60(11,12)13)24-29-49(52)63(56)50-30-28-47(39-53(50)64(54)45-26-22-41(23-27-45)57(2,3)4)66-51-31-25-43(59(8,9)10)37-48(51)61(14)32-17-16-18-33-62(61,66)15/h19-31,34-39H,16-18,32-33H2,1-15H3. The molecule has 2 unspecified atom stereocenters. The molecule has 3 aliphatic heterocycles. The van der Waals surface area contributed by atoms with E-state index in [-0.39, 0.29) is 39.3 Å². The van der Waals surface area contributed by atoms with Crippen LogP contribution in [0.4, 0.5) is 45.5 Å². The van der Waals surface area contributed by atoms with Crippen molar-refractivity contribution in [3.8, 4) is 0 Å². The lowest BCUT2D eigenvalue weighted by Gasteiger charge is -2.48. The monoisotopic (exact) mass is 872 g/mol. The smallest absolute Gasteiger partial charge is 0.252 e. The van der Waals surface area contributed by atoms with Crippen LogP contribution in [0.5, 0.6) is 0 Å². The molecular weight excluding hydrogens is 798 g/mol. The van der Waals surface area contributed by atoms with Gasteiger partial charge in [0.05, 0.1) is 5.54 Å². The van der Waals surface area contributed by atoms with E-state index in [4.69, 9.17) is 0 Å². The van der Waals surface area contributed by atoms with Crippen LogP contribution in [0.25, 0.3) is 0 Å². The van der Waals surface area contributed by atoms with Crippen LogP contribution < -0.4 is 31.1 Å². The molecule has 0 amide bonds. The van der Waals surface area contributed by atoms with Gasteiger partial charge in [0.1, 0.15) is 0 Å². The summed E-state index contributed by atoms with van der Waals surface area (Å²) in [4.78, 5) is 8.02. The highest BCUT2D eigenvalue weighted by molar-refractivity contribution is 7.00. The van der Waals surface area contributed by atoms with E-state index >= 15 is 0 Å². The molecule has 4 aliphatic rings. The minimum Gasteiger partial charge on any atom is -0.334 e. The van der Waals surface area contributed by atoms with Gasteiger partial charge in [-0.05, 0) is 159 Å². The molecule has 6 aromatic carbocycles. The Hall–Kier alpha value is -5.22. The number of hydrogen-bond acceptors (Lipinski definition) is 3. The first-order valence-corrected chi connectivity index (χ1v) is 25.1. The summed E-state index contributed by atoms with van der Waals surface area (Å²) in [5.41, 5.74) is 22.6. The zero-order valence-electron chi connectivity index (χ0n) is 42.9. The molecule has 6 aromatic rings. The van der Waals surface area contributed by atoms with Crippen LogP contribution >= 0.6 is 0 Å². The average Bonchev–Trinajstić information content (AvgIpc) is 3.31. The third kappa shape index (κ3) is 6.89. The van der Waals surface area contributed by atoms with Crippen LogP contribution in [0, 0.1) is 6.92 Å². The molecule has 4 heteroatoms. The molecule has 0 N–H and O–H groups in total. The second-order valence-electron chi connectivity index (χ2n) is 25.2. The normalized spacial score (nSPS) is 20.3. The van der Waals surface area contributed by atoms with Gasteiger partial charge < -0.3 is 14.7 Å². The molecule has 2 atom stereocenters. The number of nitrogens with zero attached hydrogens (tertiary/aromatic N) is 3. The second-order valence-corrected chi connectivity index (χ2v) is 25.2. The van der Waals surface area contributed by atoms with Gasteiger partial charge in [0.2, 0.25) is 0 Å². The van der Waals surface area contributed by atoms with E-state index in [9.17, 15) is 0 Å². The van der Waals surface area contributed by atoms with Gasteiger partial charge in [-0.3, -0.25) is 0 Å². The Balaban J connectivity index is 1.26. The van der Waals surface area contributed by atoms with Gasteiger partial charge in [-0.25, -0.2) is 0 Å². The van der Waals surface area contributed by atoms with Gasteiger partial charge >= 0.3 is 0 Å². The van der Waals surface area contributed by atoms with Crippen molar-refractivity contribution in [1.29, 1.82) is 0 Å². The van der Waals surface area contributed by atoms with Gasteiger partial charge in [-0.15, -0.1) is 0 Å². The topological polar surface area (TPSA) is 9.72 Å². The first kappa shape index (κ1) is 44.6. The van der Waals surface area contributed by atoms with Crippen molar-refractivity contribution in [2.24, 2.45) is 0 Å². The summed E-state index contributed by atoms with van der Waals surface area (Å²) in [6.45, 7) is 35.6. The largest absolute Gasteiger partial charge is 0.334 e. The van der Waals surface area contributed by atoms with Gasteiger partial charge in [0.25, 0.3) is 6.71 Å². The lowest BCUT2D eigenvalue weighted by Crippen LogP contribution is -2.61. The maximum absolute atomic E-state index is 2.80. The van der Waals surface area contributed by atoms with Crippen LogP contribution in [0.2, 0.25) is 0 Å². The predicted molar refractivity (Wildman–Crippen MR) is 287 cm³/mol. The van der Waals surface area contributed by atoms with Gasteiger partial charge in [0.15, 0.2) is 0 Å². The minimum atomic E-state index is -0.0744. The molecule has 1 aliphatic carbocycles. The van der Waals surface area contributed by atoms with E-state index in [1.54, 1.807) is 0 Å². The van der Waals surface area contributed by atoms with E-state index in [2.05, 4.69) is 234 Å². The van der Waals surface area contributed by atoms with Crippen LogP contribution in [-0.4, -0.2) is 12.3 Å². The Kier molecular flexibility index (Phi) is 10.1. The highest BCUT2D eigenvalue weighted by Gasteiger charge is 2.57. The summed E-state index contributed by atoms with van der Waals surface area (Å²) in [6, 6.07) is 46.2. The molecule has 0 radical (unpaired) electrons. The summed E-state index contributed by atoms with van der Waals surface area (Å²) < 4.78 is 0. The number of anilines is 8. The molecule has 3 heterocycles. The van der Waals surface area contributed by atoms with E-state index < -0.39 is 0 Å². The Labute approximate surface area is 398 Å². The molecule has 3 nitrogen and oxygen atoms in total. The maximum Gasteiger partial charge on any atom is 0.252 e. The maximum atomic E-state index is 2.80. The number of fused-ring (bicyclic) bond motifs is 7. The van der Waals surface area contributed by atoms with Gasteiger partial charge in [-0.1, -0.05) is 164 Å². The number of rotatable bonds is 3. The van der Waals surface area contributed by atoms with Crippen molar-refractivity contribution in [2.75, 3.05) is 14.7 Å². The third-order valence-electron chi connectivity index (χ3n) is 16.5. The molecular formula is C62H74BN3. The first-order valence-electron chi connectivity index (χ1n) is 25.1. The number of benzene rings is 6. The molecule has 10 rings (SSSR count). The summed E-state index contributed by atoms with van der Waals surface area (Å²) in [7, 11) is 0. The Morgan fingerprint density at radius 3 is 1.59 bits per heavy atom. The average molecular weight is 872 g/mol. The van der Waals surface area contributed by atoms with Crippen LogP contribution in [0.3, 0.4) is 0 Å². The van der Waals surface area contributed by atoms with Crippen molar-refractivity contribution >= 4 is 68.6 Å². The van der Waals surface area contributed by atoms with Crippen LogP contribution in [0.15, 0.2) is 115 Å². The number of hydrogen-bond donors (Lipinski definition) is 0. The Bertz CT molecular complexity index is 2890. The van der Waals surface area contributed by atoms with Crippen LogP contribution in [-0.2, 0) is 27.1 Å². The SMILES string of the molecule is Cc1cc2c3c(c1)N(c1cccc(C(C)(C)C)c1)c1cc(C(C)(C)C)ccc1B3c1ccc(N3c4ccc(C(C)(C)C)cc4C4(C)CCCCCC34C)cc1N2c1ccc(C(C)(C)C)cc1. The molecule has 0 aromatic heterocycles. The summed E-state index contributed by atoms with van der Waals surface area (Å²) in [6.07, 6.45) is 6.19. The molecule has 0 bridgehead atoms. The fraction of sp³-hybridized carbons (Fsp3) is 0.419. The molecule has 1 saturated carbocycles. The van der Waals surface area contributed by atoms with Crippen molar-refractivity contribution in [1.82, 2.24) is 0 Å². The molecule has 66 heavy (non-hydrogen) atoms. The molecule has 1 fully saturated rings. The molecule has 0 spiro atoms. The highest BCUT2D eigenvalue weighted by atomic mass is 15.3. The van der Waals surface area contributed by atoms with Gasteiger partial charge in [0, 0.05) is 50.9 Å². The molecule has 0 saturated heterocycles. The zero-order chi connectivity index (χ0) is 47.1. The van der Waals surface area contributed by atoms with Crippen molar-refractivity contribution in [3.05, 3.63) is 149 Å². The number of aryl methyl sites for hydroxylation is 1. The van der Waals surface area contributed by atoms with Crippen LogP contribution in [0.1, 0.15) is 162 Å². The van der Waals surface area contributed by atoms with E-state index in [0.29, 0.717) is 0 Å². The first-order chi connectivity index (χ1) is 30.9. The lowest BCUT2D eigenvalue weighted by atomic mass is 9.33. The quantitative estimate of drug-likeness (QED) is 0.164. The van der Waals surface area contributed by atoms with Crippen molar-refractivity contribution in [2.45, 2.75) is 169 Å². The minimum absolute atomic E-state index is 0.0103. The summed E-state index contributed by atoms with van der Waals surface area (Å²) in [5, 5.41) is 0. The van der Waals surface area contributed by atoms with E-state index in [1.807, 2.05) is 0 Å². The predicted octanol–water partition coefficient (Wildman–Crippen LogP) is 15.4. The highest BCUT2D eigenvalue weighted by Crippen LogP contribution is 2.61.